The van der Waals surface area contributed by atoms with Crippen LogP contribution >= 0.6 is 0 Å². The molecule has 1 N–H and O–H groups in total. The minimum absolute atomic E-state index is 0.147. The Morgan fingerprint density at radius 1 is 1.22 bits per heavy atom. The van der Waals surface area contributed by atoms with E-state index in [0.717, 1.165) is 38.6 Å². The standard InChI is InChI=1S/C14H28N2O2/c1-12(2)5-4-6-13(3)15-14(17)11-16-7-9-18-10-8-16/h12-13H,4-11H2,1-3H3,(H,15,17). The predicted molar refractivity (Wildman–Crippen MR) is 73.6 cm³/mol. The Morgan fingerprint density at radius 3 is 2.50 bits per heavy atom. The van der Waals surface area contributed by atoms with Gasteiger partial charge in [0.2, 0.25) is 5.91 Å². The van der Waals surface area contributed by atoms with Crippen LogP contribution in [0.25, 0.3) is 0 Å². The van der Waals surface area contributed by atoms with Gasteiger partial charge in [0.05, 0.1) is 19.8 Å². The summed E-state index contributed by atoms with van der Waals surface area (Å²) >= 11 is 0. The van der Waals surface area contributed by atoms with Crippen LogP contribution in [0.2, 0.25) is 0 Å². The molecule has 1 amide bonds. The third-order valence-electron chi connectivity index (χ3n) is 3.30. The van der Waals surface area contributed by atoms with E-state index in [0.29, 0.717) is 6.54 Å². The van der Waals surface area contributed by atoms with Gasteiger partial charge in [0.25, 0.3) is 0 Å². The Morgan fingerprint density at radius 2 is 1.89 bits per heavy atom. The SMILES string of the molecule is CC(C)CCCC(C)NC(=O)CN1CCOCC1. The lowest BCUT2D eigenvalue weighted by Gasteiger charge is -2.26. The molecule has 0 saturated carbocycles. The van der Waals surface area contributed by atoms with Crippen molar-refractivity contribution in [3.05, 3.63) is 0 Å². The number of nitrogens with one attached hydrogen (secondary N) is 1. The Balaban J connectivity index is 2.10. The van der Waals surface area contributed by atoms with Gasteiger partial charge in [-0.2, -0.15) is 0 Å². The number of carbonyl (C=O) groups excluding carboxylic acids is 1. The van der Waals surface area contributed by atoms with Crippen LogP contribution in [-0.4, -0.2) is 49.7 Å². The quantitative estimate of drug-likeness (QED) is 0.753. The molecule has 4 heteroatoms. The molecule has 1 fully saturated rings. The number of carbonyl (C=O) groups is 1. The number of hydrogen-bond donors (Lipinski definition) is 1. The van der Waals surface area contributed by atoms with E-state index in [9.17, 15) is 4.79 Å². The molecule has 0 radical (unpaired) electrons. The summed E-state index contributed by atoms with van der Waals surface area (Å²) in [4.78, 5) is 14.0. The fourth-order valence-electron chi connectivity index (χ4n) is 2.19. The number of hydrogen-bond acceptors (Lipinski definition) is 3. The maximum Gasteiger partial charge on any atom is 0.234 e. The molecule has 0 aromatic heterocycles. The summed E-state index contributed by atoms with van der Waals surface area (Å²) < 4.78 is 5.26. The predicted octanol–water partition coefficient (Wildman–Crippen LogP) is 1.65. The van der Waals surface area contributed by atoms with E-state index < -0.39 is 0 Å². The third-order valence-corrected chi connectivity index (χ3v) is 3.30. The molecule has 1 atom stereocenters. The summed E-state index contributed by atoms with van der Waals surface area (Å²) in [5, 5.41) is 3.08. The van der Waals surface area contributed by atoms with Crippen LogP contribution in [0.1, 0.15) is 40.0 Å². The van der Waals surface area contributed by atoms with Crippen molar-refractivity contribution in [2.45, 2.75) is 46.1 Å². The molecule has 1 aliphatic rings. The van der Waals surface area contributed by atoms with Gasteiger partial charge in [-0.05, 0) is 19.3 Å². The largest absolute Gasteiger partial charge is 0.379 e. The Hall–Kier alpha value is -0.610. The monoisotopic (exact) mass is 256 g/mol. The van der Waals surface area contributed by atoms with Crippen molar-refractivity contribution in [2.24, 2.45) is 5.92 Å². The topological polar surface area (TPSA) is 41.6 Å². The van der Waals surface area contributed by atoms with Gasteiger partial charge in [0, 0.05) is 19.1 Å². The van der Waals surface area contributed by atoms with Crippen molar-refractivity contribution < 1.29 is 9.53 Å². The number of ether oxygens (including phenoxy) is 1. The first kappa shape index (κ1) is 15.4. The summed E-state index contributed by atoms with van der Waals surface area (Å²) in [7, 11) is 0. The van der Waals surface area contributed by atoms with E-state index in [2.05, 4.69) is 31.0 Å². The van der Waals surface area contributed by atoms with Gasteiger partial charge in [-0.1, -0.05) is 26.7 Å². The zero-order valence-electron chi connectivity index (χ0n) is 12.1. The van der Waals surface area contributed by atoms with E-state index in [1.807, 2.05) is 0 Å². The van der Waals surface area contributed by atoms with Crippen LogP contribution in [0, 0.1) is 5.92 Å². The maximum atomic E-state index is 11.8. The fraction of sp³-hybridized carbons (Fsp3) is 0.929. The second kappa shape index (κ2) is 8.48. The molecule has 0 aliphatic carbocycles. The van der Waals surface area contributed by atoms with Gasteiger partial charge < -0.3 is 10.1 Å². The highest BCUT2D eigenvalue weighted by Crippen LogP contribution is 2.08. The average molecular weight is 256 g/mol. The van der Waals surface area contributed by atoms with Crippen molar-refractivity contribution in [2.75, 3.05) is 32.8 Å². The van der Waals surface area contributed by atoms with E-state index in [-0.39, 0.29) is 11.9 Å². The molecule has 1 rings (SSSR count). The number of rotatable bonds is 7. The summed E-state index contributed by atoms with van der Waals surface area (Å²) in [6.45, 7) is 10.3. The molecular weight excluding hydrogens is 228 g/mol. The Labute approximate surface area is 111 Å². The highest BCUT2D eigenvalue weighted by atomic mass is 16.5. The van der Waals surface area contributed by atoms with E-state index in [4.69, 9.17) is 4.74 Å². The molecule has 4 nitrogen and oxygen atoms in total. The molecule has 1 unspecified atom stereocenters. The molecule has 1 heterocycles. The maximum absolute atomic E-state index is 11.8. The number of amides is 1. The van der Waals surface area contributed by atoms with Gasteiger partial charge in [-0.25, -0.2) is 0 Å². The number of morpholine rings is 1. The molecule has 1 aliphatic heterocycles. The minimum atomic E-state index is 0.147. The molecule has 0 aromatic carbocycles. The second-order valence-corrected chi connectivity index (χ2v) is 5.68. The fourth-order valence-corrected chi connectivity index (χ4v) is 2.19. The molecule has 0 aromatic rings. The number of nitrogens with zero attached hydrogens (tertiary/aromatic N) is 1. The lowest BCUT2D eigenvalue weighted by molar-refractivity contribution is -0.123. The van der Waals surface area contributed by atoms with Gasteiger partial charge in [-0.3, -0.25) is 9.69 Å². The summed E-state index contributed by atoms with van der Waals surface area (Å²) in [6, 6.07) is 0.289. The molecule has 18 heavy (non-hydrogen) atoms. The average Bonchev–Trinajstić information content (AvgIpc) is 2.29. The molecular formula is C14H28N2O2. The first-order valence-electron chi connectivity index (χ1n) is 7.17. The third kappa shape index (κ3) is 6.97. The second-order valence-electron chi connectivity index (χ2n) is 5.68. The summed E-state index contributed by atoms with van der Waals surface area (Å²) in [5.74, 6) is 0.898. The summed E-state index contributed by atoms with van der Waals surface area (Å²) in [5.41, 5.74) is 0. The van der Waals surface area contributed by atoms with Crippen LogP contribution < -0.4 is 5.32 Å². The van der Waals surface area contributed by atoms with Gasteiger partial charge in [0.15, 0.2) is 0 Å². The van der Waals surface area contributed by atoms with Gasteiger partial charge >= 0.3 is 0 Å². The van der Waals surface area contributed by atoms with Crippen molar-refractivity contribution in [3.8, 4) is 0 Å². The molecule has 0 bridgehead atoms. The first-order valence-corrected chi connectivity index (χ1v) is 7.17. The lowest BCUT2D eigenvalue weighted by Crippen LogP contribution is -2.45. The highest BCUT2D eigenvalue weighted by molar-refractivity contribution is 5.78. The molecule has 1 saturated heterocycles. The zero-order chi connectivity index (χ0) is 13.4. The van der Waals surface area contributed by atoms with Crippen molar-refractivity contribution >= 4 is 5.91 Å². The van der Waals surface area contributed by atoms with Gasteiger partial charge in [-0.15, -0.1) is 0 Å². The van der Waals surface area contributed by atoms with Crippen LogP contribution in [0.15, 0.2) is 0 Å². The van der Waals surface area contributed by atoms with Crippen molar-refractivity contribution in [3.63, 3.8) is 0 Å². The normalized spacial score (nSPS) is 18.9. The smallest absolute Gasteiger partial charge is 0.234 e. The highest BCUT2D eigenvalue weighted by Gasteiger charge is 2.15. The zero-order valence-corrected chi connectivity index (χ0v) is 12.1. The van der Waals surface area contributed by atoms with Crippen LogP contribution in [0.5, 0.6) is 0 Å². The van der Waals surface area contributed by atoms with Crippen molar-refractivity contribution in [1.82, 2.24) is 10.2 Å². The Bertz CT molecular complexity index is 238. The van der Waals surface area contributed by atoms with E-state index >= 15 is 0 Å². The van der Waals surface area contributed by atoms with E-state index in [1.165, 1.54) is 12.8 Å². The van der Waals surface area contributed by atoms with Crippen LogP contribution in [0.4, 0.5) is 0 Å². The molecule has 0 spiro atoms. The van der Waals surface area contributed by atoms with E-state index in [1.54, 1.807) is 0 Å². The Kier molecular flexibility index (Phi) is 7.28. The minimum Gasteiger partial charge on any atom is -0.379 e. The first-order chi connectivity index (χ1) is 8.58. The lowest BCUT2D eigenvalue weighted by atomic mass is 10.0. The van der Waals surface area contributed by atoms with Crippen molar-refractivity contribution in [1.29, 1.82) is 0 Å². The van der Waals surface area contributed by atoms with Crippen LogP contribution in [0.3, 0.4) is 0 Å². The van der Waals surface area contributed by atoms with Gasteiger partial charge in [0.1, 0.15) is 0 Å². The van der Waals surface area contributed by atoms with Crippen LogP contribution in [-0.2, 0) is 9.53 Å². The molecule has 106 valence electrons. The summed E-state index contributed by atoms with van der Waals surface area (Å²) in [6.07, 6.45) is 3.51.